The normalized spacial score (nSPS) is 14.9. The Labute approximate surface area is 200 Å². The third-order valence-electron chi connectivity index (χ3n) is 5.65. The second kappa shape index (κ2) is 10.6. The van der Waals surface area contributed by atoms with E-state index in [2.05, 4.69) is 6.58 Å². The zero-order chi connectivity index (χ0) is 24.1. The monoisotopic (exact) mass is 482 g/mol. The minimum absolute atomic E-state index is 0.142. The van der Waals surface area contributed by atoms with Gasteiger partial charge in [-0.3, -0.25) is 9.59 Å². The highest BCUT2D eigenvalue weighted by Gasteiger charge is 2.33. The Hall–Kier alpha value is -3.52. The largest absolute Gasteiger partial charge is 0.491 e. The molecule has 2 aromatic carbocycles. The number of hydrogen-bond acceptors (Lipinski definition) is 4. The number of carbonyl (C=O) groups excluding carboxylic acids is 2. The Bertz CT molecular complexity index is 1200. The fraction of sp³-hybridized carbons (Fsp3) is 0.231. The molecule has 1 aromatic heterocycles. The molecule has 0 fully saturated rings. The predicted molar refractivity (Wildman–Crippen MR) is 127 cm³/mol. The summed E-state index contributed by atoms with van der Waals surface area (Å²) in [7, 11) is 0. The molecule has 2 amide bonds. The molecular weight excluding hydrogens is 458 g/mol. The van der Waals surface area contributed by atoms with Crippen LogP contribution in [0.1, 0.15) is 26.8 Å². The molecule has 176 valence electrons. The van der Waals surface area contributed by atoms with Crippen LogP contribution in [-0.2, 0) is 11.2 Å². The molecule has 1 aliphatic heterocycles. The fourth-order valence-electron chi connectivity index (χ4n) is 4.04. The molecule has 0 bridgehead atoms. The van der Waals surface area contributed by atoms with E-state index < -0.39 is 17.5 Å². The predicted octanol–water partition coefficient (Wildman–Crippen LogP) is 4.86. The van der Waals surface area contributed by atoms with Crippen LogP contribution in [0.4, 0.5) is 8.78 Å². The van der Waals surface area contributed by atoms with Crippen molar-refractivity contribution in [1.29, 1.82) is 0 Å². The number of thiophene rings is 1. The van der Waals surface area contributed by atoms with E-state index in [0.29, 0.717) is 18.7 Å². The van der Waals surface area contributed by atoms with Crippen LogP contribution >= 0.6 is 11.3 Å². The van der Waals surface area contributed by atoms with Crippen molar-refractivity contribution < 1.29 is 23.1 Å². The first kappa shape index (κ1) is 23.6. The standard InChI is InChI=1S/C26H24F2N2O3S/c1-2-11-29(26(32)18-5-3-6-19(27)14-18)16-25(31)30-12-9-24-22(10-13-34-24)23(30)17-33-21-8-4-7-20(28)15-21/h2-8,10,13-15,23H,1,9,11-12,16-17H2/t23-/m0/s1. The van der Waals surface area contributed by atoms with E-state index in [9.17, 15) is 18.4 Å². The number of carbonyl (C=O) groups is 2. The van der Waals surface area contributed by atoms with Crippen molar-refractivity contribution in [1.82, 2.24) is 9.80 Å². The lowest BCUT2D eigenvalue weighted by Gasteiger charge is -2.37. The van der Waals surface area contributed by atoms with Gasteiger partial charge in [0.05, 0.1) is 6.04 Å². The van der Waals surface area contributed by atoms with E-state index in [4.69, 9.17) is 4.74 Å². The van der Waals surface area contributed by atoms with Crippen LogP contribution in [-0.4, -0.2) is 47.9 Å². The lowest BCUT2D eigenvalue weighted by atomic mass is 10.0. The Kier molecular flexibility index (Phi) is 7.37. The summed E-state index contributed by atoms with van der Waals surface area (Å²) < 4.78 is 33.1. The molecule has 1 aliphatic rings. The lowest BCUT2D eigenvalue weighted by molar-refractivity contribution is -0.135. The highest BCUT2D eigenvalue weighted by atomic mass is 32.1. The van der Waals surface area contributed by atoms with Crippen LogP contribution < -0.4 is 4.74 Å². The minimum atomic E-state index is -0.522. The van der Waals surface area contributed by atoms with Gasteiger partial charge < -0.3 is 14.5 Å². The van der Waals surface area contributed by atoms with E-state index in [-0.39, 0.29) is 37.2 Å². The van der Waals surface area contributed by atoms with Crippen LogP contribution in [0, 0.1) is 11.6 Å². The lowest BCUT2D eigenvalue weighted by Crippen LogP contribution is -2.47. The molecule has 5 nitrogen and oxygen atoms in total. The van der Waals surface area contributed by atoms with Crippen LogP contribution in [0.25, 0.3) is 0 Å². The smallest absolute Gasteiger partial charge is 0.254 e. The van der Waals surface area contributed by atoms with Crippen molar-refractivity contribution in [3.8, 4) is 5.75 Å². The average Bonchev–Trinajstić information content (AvgIpc) is 3.31. The van der Waals surface area contributed by atoms with Gasteiger partial charge in [-0.05, 0) is 53.8 Å². The van der Waals surface area contributed by atoms with Crippen molar-refractivity contribution in [3.63, 3.8) is 0 Å². The highest BCUT2D eigenvalue weighted by Crippen LogP contribution is 2.34. The molecule has 0 N–H and O–H groups in total. The number of fused-ring (bicyclic) bond motifs is 1. The van der Waals surface area contributed by atoms with Gasteiger partial charge in [0, 0.05) is 29.6 Å². The summed E-state index contributed by atoms with van der Waals surface area (Å²) in [5.41, 5.74) is 1.16. The number of benzene rings is 2. The van der Waals surface area contributed by atoms with Gasteiger partial charge >= 0.3 is 0 Å². The Morgan fingerprint density at radius 2 is 1.91 bits per heavy atom. The van der Waals surface area contributed by atoms with Crippen LogP contribution in [0.2, 0.25) is 0 Å². The molecule has 4 rings (SSSR count). The maximum atomic E-state index is 13.6. The summed E-state index contributed by atoms with van der Waals surface area (Å²) in [5, 5.41) is 1.98. The van der Waals surface area contributed by atoms with Crippen molar-refractivity contribution in [2.75, 3.05) is 26.2 Å². The summed E-state index contributed by atoms with van der Waals surface area (Å²) in [4.78, 5) is 30.6. The first-order valence-corrected chi connectivity index (χ1v) is 11.7. The molecule has 0 saturated heterocycles. The Morgan fingerprint density at radius 3 is 2.65 bits per heavy atom. The Morgan fingerprint density at radius 1 is 1.15 bits per heavy atom. The molecule has 0 saturated carbocycles. The van der Waals surface area contributed by atoms with Crippen molar-refractivity contribution in [3.05, 3.63) is 100 Å². The van der Waals surface area contributed by atoms with Crippen molar-refractivity contribution in [2.24, 2.45) is 0 Å². The summed E-state index contributed by atoms with van der Waals surface area (Å²) >= 11 is 1.63. The number of ether oxygens (including phenoxy) is 1. The molecular formula is C26H24F2N2O3S. The number of halogens is 2. The molecule has 34 heavy (non-hydrogen) atoms. The van der Waals surface area contributed by atoms with Gasteiger partial charge in [-0.2, -0.15) is 0 Å². The average molecular weight is 483 g/mol. The maximum absolute atomic E-state index is 13.6. The van der Waals surface area contributed by atoms with Crippen LogP contribution in [0.5, 0.6) is 5.75 Å². The summed E-state index contributed by atoms with van der Waals surface area (Å²) in [5.74, 6) is -1.25. The number of nitrogens with zero attached hydrogens (tertiary/aromatic N) is 2. The van der Waals surface area contributed by atoms with E-state index in [1.807, 2.05) is 11.4 Å². The van der Waals surface area contributed by atoms with Crippen LogP contribution in [0.3, 0.4) is 0 Å². The van der Waals surface area contributed by atoms with Gasteiger partial charge in [-0.1, -0.05) is 18.2 Å². The molecule has 0 spiro atoms. The van der Waals surface area contributed by atoms with Crippen molar-refractivity contribution in [2.45, 2.75) is 12.5 Å². The van der Waals surface area contributed by atoms with Gasteiger partial charge in [-0.25, -0.2) is 8.78 Å². The van der Waals surface area contributed by atoms with Gasteiger partial charge in [0.1, 0.15) is 30.5 Å². The zero-order valence-corrected chi connectivity index (χ0v) is 19.3. The second-order valence-corrected chi connectivity index (χ2v) is 8.91. The SMILES string of the molecule is C=CCN(CC(=O)N1CCc2sccc2[C@@H]1COc1cccc(F)c1)C(=O)c1cccc(F)c1. The van der Waals surface area contributed by atoms with E-state index in [1.165, 1.54) is 46.2 Å². The fourth-order valence-corrected chi connectivity index (χ4v) is 4.97. The molecule has 2 heterocycles. The molecule has 0 radical (unpaired) electrons. The molecule has 3 aromatic rings. The van der Waals surface area contributed by atoms with Crippen LogP contribution in [0.15, 0.2) is 72.6 Å². The number of rotatable bonds is 8. The molecule has 8 heteroatoms. The van der Waals surface area contributed by atoms with Gasteiger partial charge in [-0.15, -0.1) is 17.9 Å². The van der Waals surface area contributed by atoms with Gasteiger partial charge in [0.25, 0.3) is 5.91 Å². The van der Waals surface area contributed by atoms with E-state index >= 15 is 0 Å². The molecule has 1 atom stereocenters. The quantitative estimate of drug-likeness (QED) is 0.431. The number of hydrogen-bond donors (Lipinski definition) is 0. The van der Waals surface area contributed by atoms with Gasteiger partial charge in [0.15, 0.2) is 0 Å². The third kappa shape index (κ3) is 5.34. The highest BCUT2D eigenvalue weighted by molar-refractivity contribution is 7.10. The van der Waals surface area contributed by atoms with E-state index in [0.717, 1.165) is 11.6 Å². The second-order valence-electron chi connectivity index (χ2n) is 7.91. The maximum Gasteiger partial charge on any atom is 0.254 e. The summed E-state index contributed by atoms with van der Waals surface area (Å²) in [6.45, 7) is 4.26. The summed E-state index contributed by atoms with van der Waals surface area (Å²) in [6.07, 6.45) is 2.23. The van der Waals surface area contributed by atoms with E-state index in [1.54, 1.807) is 28.4 Å². The molecule has 0 unspecified atom stereocenters. The number of amides is 2. The zero-order valence-electron chi connectivity index (χ0n) is 18.5. The van der Waals surface area contributed by atoms with Crippen molar-refractivity contribution >= 4 is 23.2 Å². The third-order valence-corrected chi connectivity index (χ3v) is 6.65. The first-order chi connectivity index (χ1) is 16.5. The first-order valence-electron chi connectivity index (χ1n) is 10.9. The topological polar surface area (TPSA) is 49.9 Å². The summed E-state index contributed by atoms with van der Waals surface area (Å²) in [6, 6.07) is 12.8. The minimum Gasteiger partial charge on any atom is -0.491 e. The molecule has 0 aliphatic carbocycles. The Balaban J connectivity index is 1.53. The van der Waals surface area contributed by atoms with Gasteiger partial charge in [0.2, 0.25) is 5.91 Å².